The largest absolute Gasteiger partial charge is 0.385 e. The van der Waals surface area contributed by atoms with Crippen LogP contribution in [0.25, 0.3) is 32.3 Å². The zero-order chi connectivity index (χ0) is 31.1. The topological polar surface area (TPSA) is 20.2 Å². The number of fused-ring (bicyclic) bond motifs is 5. The smallest absolute Gasteiger partial charge is 0.0940 e. The minimum Gasteiger partial charge on any atom is -0.385 e. The van der Waals surface area contributed by atoms with Crippen molar-refractivity contribution in [3.63, 3.8) is 0 Å². The van der Waals surface area contributed by atoms with Gasteiger partial charge in [-0.2, -0.15) is 0 Å². The molecule has 1 heteroatoms. The van der Waals surface area contributed by atoms with Crippen LogP contribution in [0.15, 0.2) is 66.2 Å². The molecule has 0 aromatic heterocycles. The van der Waals surface area contributed by atoms with Crippen molar-refractivity contribution in [1.29, 1.82) is 0 Å². The highest BCUT2D eigenvalue weighted by Gasteiger charge is 2.60. The SMILES string of the molecule is CC[C@H](CCCC(C)C)[C@H]1CC[C@H]2[C@@H]3CC=C4CC(O)(c5ccc6ccc7cccc8ccc5c6c78)CC[C@]4(C)[C@H]3CC[C@]12C. The van der Waals surface area contributed by atoms with E-state index in [-0.39, 0.29) is 5.41 Å². The van der Waals surface area contributed by atoms with E-state index < -0.39 is 5.60 Å². The van der Waals surface area contributed by atoms with E-state index in [1.807, 2.05) is 0 Å². The molecule has 4 aliphatic rings. The van der Waals surface area contributed by atoms with Gasteiger partial charge in [-0.3, -0.25) is 0 Å². The van der Waals surface area contributed by atoms with Crippen LogP contribution in [0.3, 0.4) is 0 Å². The van der Waals surface area contributed by atoms with Crippen LogP contribution in [0.4, 0.5) is 0 Å². The molecular formula is C44H56O. The number of benzene rings is 4. The molecule has 0 radical (unpaired) electrons. The van der Waals surface area contributed by atoms with Gasteiger partial charge in [0.05, 0.1) is 5.60 Å². The van der Waals surface area contributed by atoms with Crippen LogP contribution in [0.2, 0.25) is 0 Å². The summed E-state index contributed by atoms with van der Waals surface area (Å²) in [7, 11) is 0. The highest BCUT2D eigenvalue weighted by molar-refractivity contribution is 6.23. The molecular weight excluding hydrogens is 544 g/mol. The van der Waals surface area contributed by atoms with E-state index in [9.17, 15) is 5.11 Å². The lowest BCUT2D eigenvalue weighted by Gasteiger charge is -2.59. The van der Waals surface area contributed by atoms with E-state index in [1.54, 1.807) is 5.57 Å². The number of allylic oxidation sites excluding steroid dienone is 1. The van der Waals surface area contributed by atoms with Crippen LogP contribution in [-0.4, -0.2) is 5.11 Å². The molecule has 4 aliphatic carbocycles. The van der Waals surface area contributed by atoms with Crippen LogP contribution < -0.4 is 0 Å². The van der Waals surface area contributed by atoms with Crippen molar-refractivity contribution in [3.05, 3.63) is 71.8 Å². The standard InChI is InChI=1S/C44H56O/c1-6-29(10-7-9-28(2)3)36-21-22-37-34-19-17-33-27-44(45,26-25-42(33,4)38(34)23-24-43(36,37)5)39-20-16-32-14-13-30-11-8-12-31-15-18-35(39)41(32)40(30)31/h8,11-18,20,28-29,34,36-38,45H,6-7,9-10,19,21-27H2,1-5H3/t29-,34+,36-,37+,38+,42+,43-,44?/m1/s1. The molecule has 238 valence electrons. The first kappa shape index (κ1) is 30.0. The summed E-state index contributed by atoms with van der Waals surface area (Å²) in [5.41, 5.74) is 2.68. The van der Waals surface area contributed by atoms with Gasteiger partial charge in [0, 0.05) is 6.42 Å². The molecule has 45 heavy (non-hydrogen) atoms. The van der Waals surface area contributed by atoms with E-state index in [2.05, 4.69) is 95.3 Å². The fourth-order valence-corrected chi connectivity index (χ4v) is 12.3. The minimum atomic E-state index is -0.799. The Kier molecular flexibility index (Phi) is 7.22. The second-order valence-corrected chi connectivity index (χ2v) is 17.2. The van der Waals surface area contributed by atoms with Crippen molar-refractivity contribution >= 4 is 32.3 Å². The zero-order valence-electron chi connectivity index (χ0n) is 28.7. The van der Waals surface area contributed by atoms with E-state index in [1.165, 1.54) is 90.1 Å². The van der Waals surface area contributed by atoms with Gasteiger partial charge in [-0.15, -0.1) is 0 Å². The number of aliphatic hydroxyl groups is 1. The lowest BCUT2D eigenvalue weighted by molar-refractivity contribution is -0.0772. The molecule has 3 saturated carbocycles. The summed E-state index contributed by atoms with van der Waals surface area (Å²) in [4.78, 5) is 0. The Hall–Kier alpha value is -2.38. The lowest BCUT2D eigenvalue weighted by Crippen LogP contribution is -2.52. The summed E-state index contributed by atoms with van der Waals surface area (Å²) in [6.07, 6.45) is 18.0. The van der Waals surface area contributed by atoms with Crippen LogP contribution in [-0.2, 0) is 5.60 Å². The average Bonchev–Trinajstić information content (AvgIpc) is 3.39. The number of hydrogen-bond donors (Lipinski definition) is 1. The van der Waals surface area contributed by atoms with Crippen molar-refractivity contribution in [2.45, 2.75) is 117 Å². The third-order valence-electron chi connectivity index (χ3n) is 14.7. The minimum absolute atomic E-state index is 0.236. The highest BCUT2D eigenvalue weighted by atomic mass is 16.3. The zero-order valence-corrected chi connectivity index (χ0v) is 28.7. The molecule has 0 bridgehead atoms. The van der Waals surface area contributed by atoms with Crippen LogP contribution in [0, 0.1) is 46.3 Å². The summed E-state index contributed by atoms with van der Waals surface area (Å²) in [5.74, 6) is 5.15. The second-order valence-electron chi connectivity index (χ2n) is 17.2. The maximum Gasteiger partial charge on any atom is 0.0940 e. The van der Waals surface area contributed by atoms with Crippen LogP contribution >= 0.6 is 0 Å². The molecule has 0 spiro atoms. The quantitative estimate of drug-likeness (QED) is 0.165. The Morgan fingerprint density at radius 1 is 0.800 bits per heavy atom. The lowest BCUT2D eigenvalue weighted by atomic mass is 9.46. The first-order valence-corrected chi connectivity index (χ1v) is 18.7. The highest BCUT2D eigenvalue weighted by Crippen LogP contribution is 2.68. The molecule has 0 aliphatic heterocycles. The Morgan fingerprint density at radius 2 is 1.53 bits per heavy atom. The van der Waals surface area contributed by atoms with Crippen molar-refractivity contribution < 1.29 is 5.11 Å². The fraction of sp³-hybridized carbons (Fsp3) is 0.591. The molecule has 4 aromatic carbocycles. The monoisotopic (exact) mass is 600 g/mol. The summed E-state index contributed by atoms with van der Waals surface area (Å²) in [6, 6.07) is 20.2. The van der Waals surface area contributed by atoms with Gasteiger partial charge < -0.3 is 5.11 Å². The molecule has 0 heterocycles. The Balaban J connectivity index is 1.08. The average molecular weight is 601 g/mol. The number of hydrogen-bond acceptors (Lipinski definition) is 1. The van der Waals surface area contributed by atoms with E-state index >= 15 is 0 Å². The summed E-state index contributed by atoms with van der Waals surface area (Å²) >= 11 is 0. The van der Waals surface area contributed by atoms with Crippen LogP contribution in [0.1, 0.15) is 117 Å². The third kappa shape index (κ3) is 4.49. The van der Waals surface area contributed by atoms with Gasteiger partial charge in [0.15, 0.2) is 0 Å². The van der Waals surface area contributed by atoms with Crippen molar-refractivity contribution in [2.75, 3.05) is 0 Å². The molecule has 1 unspecified atom stereocenters. The first-order chi connectivity index (χ1) is 21.7. The molecule has 4 aromatic rings. The Morgan fingerprint density at radius 3 is 2.29 bits per heavy atom. The van der Waals surface area contributed by atoms with E-state index in [0.29, 0.717) is 5.41 Å². The maximum absolute atomic E-state index is 12.6. The Bertz CT molecular complexity index is 1730. The van der Waals surface area contributed by atoms with Crippen LogP contribution in [0.5, 0.6) is 0 Å². The predicted octanol–water partition coefficient (Wildman–Crippen LogP) is 12.2. The maximum atomic E-state index is 12.6. The number of rotatable bonds is 7. The third-order valence-corrected chi connectivity index (χ3v) is 14.7. The summed E-state index contributed by atoms with van der Waals surface area (Å²) < 4.78 is 0. The fourth-order valence-electron chi connectivity index (χ4n) is 12.3. The summed E-state index contributed by atoms with van der Waals surface area (Å²) in [5, 5.41) is 20.4. The molecule has 1 nitrogen and oxygen atoms in total. The van der Waals surface area contributed by atoms with E-state index in [4.69, 9.17) is 0 Å². The predicted molar refractivity (Wildman–Crippen MR) is 192 cm³/mol. The van der Waals surface area contributed by atoms with Gasteiger partial charge in [0.2, 0.25) is 0 Å². The van der Waals surface area contributed by atoms with Gasteiger partial charge in [0.25, 0.3) is 0 Å². The molecule has 3 fully saturated rings. The van der Waals surface area contributed by atoms with Gasteiger partial charge in [0.1, 0.15) is 0 Å². The second kappa shape index (κ2) is 10.8. The normalized spacial score (nSPS) is 35.5. The van der Waals surface area contributed by atoms with Crippen molar-refractivity contribution in [2.24, 2.45) is 46.3 Å². The van der Waals surface area contributed by atoms with Gasteiger partial charge in [-0.25, -0.2) is 0 Å². The molecule has 8 atom stereocenters. The summed E-state index contributed by atoms with van der Waals surface area (Å²) in [6.45, 7) is 12.6. The molecule has 8 rings (SSSR count). The van der Waals surface area contributed by atoms with E-state index in [0.717, 1.165) is 60.3 Å². The molecule has 0 saturated heterocycles. The van der Waals surface area contributed by atoms with Gasteiger partial charge >= 0.3 is 0 Å². The van der Waals surface area contributed by atoms with Crippen molar-refractivity contribution in [1.82, 2.24) is 0 Å². The van der Waals surface area contributed by atoms with Gasteiger partial charge in [-0.05, 0) is 129 Å². The molecule has 1 N–H and O–H groups in total. The Labute approximate surface area is 272 Å². The first-order valence-electron chi connectivity index (χ1n) is 18.7. The molecule has 0 amide bonds. The van der Waals surface area contributed by atoms with Crippen molar-refractivity contribution in [3.8, 4) is 0 Å². The van der Waals surface area contributed by atoms with Gasteiger partial charge in [-0.1, -0.05) is 127 Å².